The SMILES string of the molecule is O=C(C(c1ccccc1)c1ccccc1)N1C[C@H](O)[C@@H](N2CCC(O)(c3ccc(Cl)cc3)CC2)C1. The highest BCUT2D eigenvalue weighted by molar-refractivity contribution is 6.30. The lowest BCUT2D eigenvalue weighted by Gasteiger charge is -2.41. The monoisotopic (exact) mass is 490 g/mol. The first kappa shape index (κ1) is 24.0. The maximum Gasteiger partial charge on any atom is 0.234 e. The van der Waals surface area contributed by atoms with Gasteiger partial charge in [-0.3, -0.25) is 9.69 Å². The van der Waals surface area contributed by atoms with E-state index in [1.807, 2.05) is 72.8 Å². The molecule has 2 heterocycles. The summed E-state index contributed by atoms with van der Waals surface area (Å²) >= 11 is 6.01. The van der Waals surface area contributed by atoms with E-state index in [-0.39, 0.29) is 11.9 Å². The summed E-state index contributed by atoms with van der Waals surface area (Å²) in [5, 5.41) is 22.8. The topological polar surface area (TPSA) is 64.0 Å². The number of rotatable bonds is 5. The number of aliphatic hydroxyl groups is 2. The molecule has 182 valence electrons. The Morgan fingerprint density at radius 2 is 1.40 bits per heavy atom. The van der Waals surface area contributed by atoms with Gasteiger partial charge < -0.3 is 15.1 Å². The molecule has 6 heteroatoms. The molecule has 2 saturated heterocycles. The number of likely N-dealkylation sites (tertiary alicyclic amines) is 2. The molecule has 2 N–H and O–H groups in total. The van der Waals surface area contributed by atoms with Gasteiger partial charge in [-0.25, -0.2) is 0 Å². The van der Waals surface area contributed by atoms with Crippen LogP contribution in [0.15, 0.2) is 84.9 Å². The van der Waals surface area contributed by atoms with Gasteiger partial charge in [0.25, 0.3) is 0 Å². The zero-order valence-electron chi connectivity index (χ0n) is 19.6. The van der Waals surface area contributed by atoms with E-state index in [4.69, 9.17) is 11.6 Å². The van der Waals surface area contributed by atoms with Crippen molar-refractivity contribution in [1.82, 2.24) is 9.80 Å². The first-order chi connectivity index (χ1) is 16.9. The van der Waals surface area contributed by atoms with Crippen molar-refractivity contribution in [1.29, 1.82) is 0 Å². The lowest BCUT2D eigenvalue weighted by Crippen LogP contribution is -2.51. The zero-order chi connectivity index (χ0) is 24.4. The van der Waals surface area contributed by atoms with Gasteiger partial charge in [0.15, 0.2) is 0 Å². The maximum absolute atomic E-state index is 13.8. The fourth-order valence-corrected chi connectivity index (χ4v) is 5.66. The molecule has 1 amide bonds. The number of carbonyl (C=O) groups excluding carboxylic acids is 1. The van der Waals surface area contributed by atoms with Crippen LogP contribution in [-0.4, -0.2) is 64.2 Å². The largest absolute Gasteiger partial charge is 0.390 e. The molecule has 5 rings (SSSR count). The summed E-state index contributed by atoms with van der Waals surface area (Å²) in [7, 11) is 0. The molecule has 3 aromatic rings. The summed E-state index contributed by atoms with van der Waals surface area (Å²) in [5.74, 6) is -0.390. The van der Waals surface area contributed by atoms with Crippen LogP contribution in [0.25, 0.3) is 0 Å². The molecule has 2 atom stereocenters. The normalized spacial score (nSPS) is 22.5. The van der Waals surface area contributed by atoms with Gasteiger partial charge in [-0.05, 0) is 41.7 Å². The number of hydrogen-bond donors (Lipinski definition) is 2. The van der Waals surface area contributed by atoms with Crippen molar-refractivity contribution in [3.8, 4) is 0 Å². The van der Waals surface area contributed by atoms with E-state index in [1.54, 1.807) is 17.0 Å². The molecule has 0 radical (unpaired) electrons. The lowest BCUT2D eigenvalue weighted by atomic mass is 9.84. The molecular weight excluding hydrogens is 460 g/mol. The summed E-state index contributed by atoms with van der Waals surface area (Å²) in [6, 6.07) is 26.9. The van der Waals surface area contributed by atoms with Crippen LogP contribution in [-0.2, 0) is 10.4 Å². The number of β-amino-alcohol motifs (C(OH)–C–C–N with tert-alkyl or cyclic N) is 1. The predicted molar refractivity (Wildman–Crippen MR) is 137 cm³/mol. The van der Waals surface area contributed by atoms with E-state index in [9.17, 15) is 15.0 Å². The lowest BCUT2D eigenvalue weighted by molar-refractivity contribution is -0.131. The highest BCUT2D eigenvalue weighted by Crippen LogP contribution is 2.36. The Balaban J connectivity index is 1.29. The Morgan fingerprint density at radius 1 is 0.857 bits per heavy atom. The molecule has 0 bridgehead atoms. The smallest absolute Gasteiger partial charge is 0.234 e. The highest BCUT2D eigenvalue weighted by atomic mass is 35.5. The van der Waals surface area contributed by atoms with Gasteiger partial charge in [0.2, 0.25) is 5.91 Å². The number of amides is 1. The number of piperidine rings is 1. The van der Waals surface area contributed by atoms with E-state index in [0.717, 1.165) is 16.7 Å². The number of benzene rings is 3. The third kappa shape index (κ3) is 5.00. The van der Waals surface area contributed by atoms with Gasteiger partial charge in [-0.1, -0.05) is 84.4 Å². The molecule has 2 aliphatic heterocycles. The van der Waals surface area contributed by atoms with Crippen molar-refractivity contribution >= 4 is 17.5 Å². The number of hydrogen-bond acceptors (Lipinski definition) is 4. The summed E-state index contributed by atoms with van der Waals surface area (Å²) < 4.78 is 0. The Bertz CT molecular complexity index is 1090. The quantitative estimate of drug-likeness (QED) is 0.567. The van der Waals surface area contributed by atoms with Gasteiger partial charge in [-0.2, -0.15) is 0 Å². The minimum Gasteiger partial charge on any atom is -0.390 e. The van der Waals surface area contributed by atoms with Crippen molar-refractivity contribution < 1.29 is 15.0 Å². The minimum absolute atomic E-state index is 0.0126. The van der Waals surface area contributed by atoms with Crippen LogP contribution in [0.1, 0.15) is 35.4 Å². The van der Waals surface area contributed by atoms with E-state index >= 15 is 0 Å². The van der Waals surface area contributed by atoms with Crippen molar-refractivity contribution in [2.45, 2.75) is 36.5 Å². The van der Waals surface area contributed by atoms with Crippen molar-refractivity contribution in [3.63, 3.8) is 0 Å². The number of aliphatic hydroxyl groups excluding tert-OH is 1. The molecule has 0 saturated carbocycles. The van der Waals surface area contributed by atoms with Gasteiger partial charge in [-0.15, -0.1) is 0 Å². The molecular formula is C29H31ClN2O3. The van der Waals surface area contributed by atoms with E-state index < -0.39 is 17.6 Å². The Morgan fingerprint density at radius 3 is 1.94 bits per heavy atom. The minimum atomic E-state index is -0.897. The van der Waals surface area contributed by atoms with Crippen molar-refractivity contribution in [3.05, 3.63) is 107 Å². The summed E-state index contributed by atoms with van der Waals surface area (Å²) in [5.41, 5.74) is 1.88. The molecule has 35 heavy (non-hydrogen) atoms. The van der Waals surface area contributed by atoms with Crippen molar-refractivity contribution in [2.75, 3.05) is 26.2 Å². The fourth-order valence-electron chi connectivity index (χ4n) is 5.53. The molecule has 0 aliphatic carbocycles. The number of carbonyl (C=O) groups is 1. The standard InChI is InChI=1S/C29H31ClN2O3/c30-24-13-11-23(12-14-24)29(35)15-17-31(18-16-29)25-19-32(20-26(25)33)28(34)27(21-7-3-1-4-8-21)22-9-5-2-6-10-22/h1-14,25-27,33,35H,15-20H2/t25-,26-/m0/s1. The van der Waals surface area contributed by atoms with Crippen LogP contribution in [0.5, 0.6) is 0 Å². The molecule has 0 unspecified atom stereocenters. The average molecular weight is 491 g/mol. The van der Waals surface area contributed by atoms with E-state index in [1.165, 1.54) is 0 Å². The molecule has 2 fully saturated rings. The van der Waals surface area contributed by atoms with Gasteiger partial charge in [0.05, 0.1) is 23.7 Å². The highest BCUT2D eigenvalue weighted by Gasteiger charge is 2.43. The second-order valence-corrected chi connectivity index (χ2v) is 10.1. The van der Waals surface area contributed by atoms with E-state index in [2.05, 4.69) is 4.90 Å². The number of halogens is 1. The molecule has 3 aromatic carbocycles. The predicted octanol–water partition coefficient (Wildman–Crippen LogP) is 4.03. The van der Waals surface area contributed by atoms with Crippen LogP contribution >= 0.6 is 11.6 Å². The maximum atomic E-state index is 13.8. The molecule has 2 aliphatic rings. The van der Waals surface area contributed by atoms with Crippen LogP contribution < -0.4 is 0 Å². The van der Waals surface area contributed by atoms with Gasteiger partial charge in [0.1, 0.15) is 0 Å². The molecule has 0 aromatic heterocycles. The van der Waals surface area contributed by atoms with Crippen molar-refractivity contribution in [2.24, 2.45) is 0 Å². The fraction of sp³-hybridized carbons (Fsp3) is 0.345. The van der Waals surface area contributed by atoms with E-state index in [0.29, 0.717) is 44.0 Å². The van der Waals surface area contributed by atoms with Gasteiger partial charge in [0, 0.05) is 31.2 Å². The van der Waals surface area contributed by atoms with Gasteiger partial charge >= 0.3 is 0 Å². The summed E-state index contributed by atoms with van der Waals surface area (Å²) in [6.07, 6.45) is 0.526. The number of nitrogens with zero attached hydrogens (tertiary/aromatic N) is 2. The first-order valence-electron chi connectivity index (χ1n) is 12.2. The Hall–Kier alpha value is -2.70. The zero-order valence-corrected chi connectivity index (χ0v) is 20.4. The van der Waals surface area contributed by atoms with Crippen LogP contribution in [0.4, 0.5) is 0 Å². The molecule has 5 nitrogen and oxygen atoms in total. The Labute approximate surface area is 211 Å². The van der Waals surface area contributed by atoms with Crippen LogP contribution in [0, 0.1) is 0 Å². The second kappa shape index (κ2) is 10.1. The third-order valence-corrected chi connectivity index (χ3v) is 7.81. The Kier molecular flexibility index (Phi) is 6.94. The second-order valence-electron chi connectivity index (χ2n) is 9.71. The van der Waals surface area contributed by atoms with Crippen LogP contribution in [0.3, 0.4) is 0 Å². The third-order valence-electron chi connectivity index (χ3n) is 7.56. The molecule has 0 spiro atoms. The first-order valence-corrected chi connectivity index (χ1v) is 12.6. The average Bonchev–Trinajstić information content (AvgIpc) is 3.28. The summed E-state index contributed by atoms with van der Waals surface area (Å²) in [4.78, 5) is 17.8. The summed E-state index contributed by atoms with van der Waals surface area (Å²) in [6.45, 7) is 2.11. The van der Waals surface area contributed by atoms with Crippen LogP contribution in [0.2, 0.25) is 5.02 Å².